The number of benzene rings is 1. The van der Waals surface area contributed by atoms with E-state index in [1.807, 2.05) is 0 Å². The SMILES string of the molecule is CCOC(=O)c1[nH]ncc1-c1ccc(OC(F)(F)F)cc1. The topological polar surface area (TPSA) is 64.2 Å². The molecule has 1 aromatic carbocycles. The van der Waals surface area contributed by atoms with Crippen LogP contribution in [-0.2, 0) is 4.74 Å². The molecule has 1 heterocycles. The Labute approximate surface area is 117 Å². The molecule has 1 aromatic heterocycles. The summed E-state index contributed by atoms with van der Waals surface area (Å²) in [6.07, 6.45) is -3.35. The van der Waals surface area contributed by atoms with Gasteiger partial charge in [0.05, 0.1) is 12.8 Å². The minimum absolute atomic E-state index is 0.140. The Hall–Kier alpha value is -2.51. The molecule has 0 bridgehead atoms. The molecule has 2 aromatic rings. The zero-order chi connectivity index (χ0) is 15.5. The number of rotatable bonds is 4. The molecule has 8 heteroatoms. The van der Waals surface area contributed by atoms with E-state index in [0.29, 0.717) is 11.1 Å². The van der Waals surface area contributed by atoms with E-state index < -0.39 is 12.3 Å². The Morgan fingerprint density at radius 3 is 2.52 bits per heavy atom. The monoisotopic (exact) mass is 300 g/mol. The van der Waals surface area contributed by atoms with Crippen molar-refractivity contribution in [2.45, 2.75) is 13.3 Å². The van der Waals surface area contributed by atoms with E-state index in [9.17, 15) is 18.0 Å². The van der Waals surface area contributed by atoms with Crippen molar-refractivity contribution < 1.29 is 27.4 Å². The van der Waals surface area contributed by atoms with Crippen LogP contribution in [0.3, 0.4) is 0 Å². The van der Waals surface area contributed by atoms with Crippen LogP contribution in [0, 0.1) is 0 Å². The van der Waals surface area contributed by atoms with Gasteiger partial charge in [0.25, 0.3) is 0 Å². The number of aromatic amines is 1. The van der Waals surface area contributed by atoms with Crippen molar-refractivity contribution in [2.24, 2.45) is 0 Å². The fourth-order valence-electron chi connectivity index (χ4n) is 1.70. The summed E-state index contributed by atoms with van der Waals surface area (Å²) >= 11 is 0. The summed E-state index contributed by atoms with van der Waals surface area (Å²) in [5.74, 6) is -0.923. The molecule has 0 saturated heterocycles. The number of aromatic nitrogens is 2. The quantitative estimate of drug-likeness (QED) is 0.881. The van der Waals surface area contributed by atoms with Crippen LogP contribution in [0.15, 0.2) is 30.5 Å². The van der Waals surface area contributed by atoms with E-state index in [-0.39, 0.29) is 18.1 Å². The second-order valence-electron chi connectivity index (χ2n) is 3.95. The van der Waals surface area contributed by atoms with E-state index in [0.717, 1.165) is 12.1 Å². The molecule has 0 fully saturated rings. The van der Waals surface area contributed by atoms with E-state index in [1.165, 1.54) is 18.3 Å². The minimum Gasteiger partial charge on any atom is -0.461 e. The summed E-state index contributed by atoms with van der Waals surface area (Å²) in [6, 6.07) is 5.11. The van der Waals surface area contributed by atoms with Crippen LogP contribution in [0.1, 0.15) is 17.4 Å². The van der Waals surface area contributed by atoms with Crippen LogP contribution in [0.5, 0.6) is 5.75 Å². The molecule has 112 valence electrons. The molecular formula is C13H11F3N2O3. The lowest BCUT2D eigenvalue weighted by molar-refractivity contribution is -0.274. The molecule has 0 amide bonds. The summed E-state index contributed by atoms with van der Waals surface area (Å²) in [5.41, 5.74) is 1.09. The Bertz CT molecular complexity index is 620. The second-order valence-corrected chi connectivity index (χ2v) is 3.95. The number of carbonyl (C=O) groups is 1. The first-order chi connectivity index (χ1) is 9.90. The van der Waals surface area contributed by atoms with Crippen molar-refractivity contribution in [3.8, 4) is 16.9 Å². The smallest absolute Gasteiger partial charge is 0.461 e. The molecule has 0 radical (unpaired) electrons. The molecule has 0 aliphatic heterocycles. The number of hydrogen-bond acceptors (Lipinski definition) is 4. The zero-order valence-electron chi connectivity index (χ0n) is 10.9. The molecule has 0 aliphatic carbocycles. The molecule has 2 rings (SSSR count). The minimum atomic E-state index is -4.74. The van der Waals surface area contributed by atoms with Crippen LogP contribution in [-0.4, -0.2) is 29.1 Å². The van der Waals surface area contributed by atoms with Crippen LogP contribution >= 0.6 is 0 Å². The lowest BCUT2D eigenvalue weighted by Gasteiger charge is -2.09. The first-order valence-electron chi connectivity index (χ1n) is 5.97. The maximum absolute atomic E-state index is 12.1. The predicted octanol–water partition coefficient (Wildman–Crippen LogP) is 3.15. The molecule has 0 aliphatic rings. The summed E-state index contributed by atoms with van der Waals surface area (Å²) in [5, 5.41) is 6.25. The fraction of sp³-hybridized carbons (Fsp3) is 0.231. The molecule has 5 nitrogen and oxygen atoms in total. The average molecular weight is 300 g/mol. The molecule has 1 N–H and O–H groups in total. The highest BCUT2D eigenvalue weighted by atomic mass is 19.4. The van der Waals surface area contributed by atoms with Gasteiger partial charge in [-0.25, -0.2) is 4.79 Å². The van der Waals surface area contributed by atoms with Gasteiger partial charge in [0.15, 0.2) is 5.69 Å². The third-order valence-corrected chi connectivity index (χ3v) is 2.52. The van der Waals surface area contributed by atoms with Gasteiger partial charge in [-0.15, -0.1) is 13.2 Å². The Balaban J connectivity index is 2.24. The van der Waals surface area contributed by atoms with Gasteiger partial charge in [-0.2, -0.15) is 5.10 Å². The van der Waals surface area contributed by atoms with E-state index in [2.05, 4.69) is 14.9 Å². The van der Waals surface area contributed by atoms with Crippen molar-refractivity contribution in [1.82, 2.24) is 10.2 Å². The van der Waals surface area contributed by atoms with Gasteiger partial charge in [-0.1, -0.05) is 12.1 Å². The van der Waals surface area contributed by atoms with Gasteiger partial charge in [0.1, 0.15) is 5.75 Å². The van der Waals surface area contributed by atoms with E-state index in [1.54, 1.807) is 6.92 Å². The highest BCUT2D eigenvalue weighted by Crippen LogP contribution is 2.27. The fourth-order valence-corrected chi connectivity index (χ4v) is 1.70. The van der Waals surface area contributed by atoms with E-state index >= 15 is 0 Å². The number of esters is 1. The number of nitrogens with one attached hydrogen (secondary N) is 1. The van der Waals surface area contributed by atoms with Crippen LogP contribution in [0.2, 0.25) is 0 Å². The third-order valence-electron chi connectivity index (χ3n) is 2.52. The largest absolute Gasteiger partial charge is 0.573 e. The summed E-state index contributed by atoms with van der Waals surface area (Å²) in [7, 11) is 0. The van der Waals surface area contributed by atoms with Crippen molar-refractivity contribution in [3.05, 3.63) is 36.2 Å². The maximum atomic E-state index is 12.1. The van der Waals surface area contributed by atoms with Gasteiger partial charge < -0.3 is 9.47 Å². The standard InChI is InChI=1S/C13H11F3N2O3/c1-2-20-12(19)11-10(7-17-18-11)8-3-5-9(6-4-8)21-13(14,15)16/h3-7H,2H2,1H3,(H,17,18). The zero-order valence-corrected chi connectivity index (χ0v) is 10.9. The van der Waals surface area contributed by atoms with Crippen molar-refractivity contribution in [3.63, 3.8) is 0 Å². The number of H-pyrrole nitrogens is 1. The number of nitrogens with zero attached hydrogens (tertiary/aromatic N) is 1. The predicted molar refractivity (Wildman–Crippen MR) is 66.7 cm³/mol. The highest BCUT2D eigenvalue weighted by molar-refractivity contribution is 5.95. The summed E-state index contributed by atoms with van der Waals surface area (Å²) < 4.78 is 44.8. The third kappa shape index (κ3) is 3.74. The van der Waals surface area contributed by atoms with Crippen molar-refractivity contribution in [2.75, 3.05) is 6.61 Å². The molecule has 21 heavy (non-hydrogen) atoms. The number of alkyl halides is 3. The van der Waals surface area contributed by atoms with Crippen LogP contribution < -0.4 is 4.74 Å². The van der Waals surface area contributed by atoms with Gasteiger partial charge in [-0.3, -0.25) is 5.10 Å². The van der Waals surface area contributed by atoms with E-state index in [4.69, 9.17) is 4.74 Å². The lowest BCUT2D eigenvalue weighted by Crippen LogP contribution is -2.16. The van der Waals surface area contributed by atoms with Gasteiger partial charge in [0, 0.05) is 5.56 Å². The van der Waals surface area contributed by atoms with Crippen LogP contribution in [0.4, 0.5) is 13.2 Å². The highest BCUT2D eigenvalue weighted by Gasteiger charge is 2.31. The molecule has 0 spiro atoms. The lowest BCUT2D eigenvalue weighted by atomic mass is 10.1. The normalized spacial score (nSPS) is 11.2. The Morgan fingerprint density at radius 2 is 1.95 bits per heavy atom. The first kappa shape index (κ1) is 14.9. The van der Waals surface area contributed by atoms with Gasteiger partial charge in [-0.05, 0) is 24.6 Å². The number of hydrogen-bond donors (Lipinski definition) is 1. The van der Waals surface area contributed by atoms with Gasteiger partial charge in [0.2, 0.25) is 0 Å². The first-order valence-corrected chi connectivity index (χ1v) is 5.97. The average Bonchev–Trinajstić information content (AvgIpc) is 2.87. The molecule has 0 atom stereocenters. The number of halogens is 3. The maximum Gasteiger partial charge on any atom is 0.573 e. The van der Waals surface area contributed by atoms with Crippen molar-refractivity contribution in [1.29, 1.82) is 0 Å². The summed E-state index contributed by atoms with van der Waals surface area (Å²) in [4.78, 5) is 11.7. The van der Waals surface area contributed by atoms with Crippen LogP contribution in [0.25, 0.3) is 11.1 Å². The van der Waals surface area contributed by atoms with Gasteiger partial charge >= 0.3 is 12.3 Å². The van der Waals surface area contributed by atoms with Crippen molar-refractivity contribution >= 4 is 5.97 Å². The molecule has 0 saturated carbocycles. The summed E-state index contributed by atoms with van der Waals surface area (Å²) in [6.45, 7) is 1.87. The number of carbonyl (C=O) groups excluding carboxylic acids is 1. The Morgan fingerprint density at radius 1 is 1.29 bits per heavy atom. The Kier molecular flexibility index (Phi) is 4.15. The molecule has 0 unspecified atom stereocenters. The second kappa shape index (κ2) is 5.86. The number of ether oxygens (including phenoxy) is 2. The molecular weight excluding hydrogens is 289 g/mol.